The van der Waals surface area contributed by atoms with Crippen LogP contribution in [0.5, 0.6) is 0 Å². The number of fused-ring (bicyclic) bond motifs is 2. The molecule has 1 aromatic carbocycles. The summed E-state index contributed by atoms with van der Waals surface area (Å²) in [5.74, 6) is -0.748. The molecular formula is C20H28FN3O3. The first-order chi connectivity index (χ1) is 12.8. The fourth-order valence-corrected chi connectivity index (χ4v) is 4.58. The number of benzene rings is 1. The summed E-state index contributed by atoms with van der Waals surface area (Å²) in [6.07, 6.45) is 1.22. The van der Waals surface area contributed by atoms with Crippen LogP contribution in [0.15, 0.2) is 12.1 Å². The zero-order chi connectivity index (χ0) is 19.2. The number of nitrogens with one attached hydrogen (secondary N) is 1. The van der Waals surface area contributed by atoms with E-state index in [2.05, 4.69) is 15.1 Å². The summed E-state index contributed by atoms with van der Waals surface area (Å²) < 4.78 is 20.8. The first-order valence-corrected chi connectivity index (χ1v) is 9.75. The van der Waals surface area contributed by atoms with Gasteiger partial charge in [-0.15, -0.1) is 0 Å². The number of carbonyl (C=O) groups excluding carboxylic acids is 1. The van der Waals surface area contributed by atoms with Crippen LogP contribution in [0, 0.1) is 5.82 Å². The van der Waals surface area contributed by atoms with Gasteiger partial charge in [0, 0.05) is 56.8 Å². The van der Waals surface area contributed by atoms with Crippen molar-refractivity contribution in [2.75, 3.05) is 50.7 Å². The summed E-state index contributed by atoms with van der Waals surface area (Å²) in [6, 6.07) is 3.35. The van der Waals surface area contributed by atoms with Crippen molar-refractivity contribution in [3.8, 4) is 0 Å². The van der Waals surface area contributed by atoms with Gasteiger partial charge in [-0.1, -0.05) is 0 Å². The molecule has 0 aliphatic carbocycles. The highest BCUT2D eigenvalue weighted by molar-refractivity contribution is 5.96. The van der Waals surface area contributed by atoms with Gasteiger partial charge in [-0.25, -0.2) is 9.18 Å². The third kappa shape index (κ3) is 3.56. The molecule has 0 amide bonds. The number of rotatable bonds is 3. The molecule has 0 aromatic heterocycles. The molecule has 2 N–H and O–H groups in total. The van der Waals surface area contributed by atoms with E-state index in [0.717, 1.165) is 45.0 Å². The Morgan fingerprint density at radius 1 is 1.22 bits per heavy atom. The van der Waals surface area contributed by atoms with Gasteiger partial charge in [0.2, 0.25) is 0 Å². The Morgan fingerprint density at radius 3 is 2.52 bits per heavy atom. The minimum absolute atomic E-state index is 0.339. The zero-order valence-electron chi connectivity index (χ0n) is 16.1. The van der Waals surface area contributed by atoms with Gasteiger partial charge in [-0.2, -0.15) is 0 Å². The number of hydrogen-bond acceptors (Lipinski definition) is 6. The smallest absolute Gasteiger partial charge is 0.339 e. The van der Waals surface area contributed by atoms with Gasteiger partial charge < -0.3 is 20.1 Å². The van der Waals surface area contributed by atoms with E-state index in [4.69, 9.17) is 4.74 Å². The summed E-state index contributed by atoms with van der Waals surface area (Å²) in [6.45, 7) is 8.72. The highest BCUT2D eigenvalue weighted by Crippen LogP contribution is 2.45. The van der Waals surface area contributed by atoms with E-state index in [1.54, 1.807) is 26.0 Å². The number of carbonyl (C=O) groups is 1. The highest BCUT2D eigenvalue weighted by Gasteiger charge is 2.48. The van der Waals surface area contributed by atoms with Crippen molar-refractivity contribution in [2.24, 2.45) is 0 Å². The molecule has 1 aromatic rings. The van der Waals surface area contributed by atoms with Gasteiger partial charge in [0.15, 0.2) is 0 Å². The number of aliphatic hydroxyl groups is 1. The molecule has 3 heterocycles. The second-order valence-electron chi connectivity index (χ2n) is 8.56. The van der Waals surface area contributed by atoms with Crippen LogP contribution in [-0.2, 0) is 10.3 Å². The largest absolute Gasteiger partial charge is 0.450 e. The summed E-state index contributed by atoms with van der Waals surface area (Å²) in [4.78, 5) is 16.8. The van der Waals surface area contributed by atoms with Crippen LogP contribution in [0.2, 0.25) is 0 Å². The summed E-state index contributed by atoms with van der Waals surface area (Å²) in [5.41, 5.74) is 0.0295. The van der Waals surface area contributed by atoms with E-state index in [9.17, 15) is 9.90 Å². The Kier molecular flexibility index (Phi) is 4.64. The average Bonchev–Trinajstić information content (AvgIpc) is 2.87. The van der Waals surface area contributed by atoms with E-state index in [0.29, 0.717) is 30.5 Å². The second-order valence-corrected chi connectivity index (χ2v) is 8.56. The average molecular weight is 377 g/mol. The van der Waals surface area contributed by atoms with Gasteiger partial charge in [0.05, 0.1) is 11.2 Å². The number of β-amino-alcohol motifs (C(OH)–C–C–N with tert-alkyl or cyclic N) is 1. The van der Waals surface area contributed by atoms with E-state index < -0.39 is 17.2 Å². The van der Waals surface area contributed by atoms with E-state index >= 15 is 4.39 Å². The fraction of sp³-hybridized carbons (Fsp3) is 0.650. The summed E-state index contributed by atoms with van der Waals surface area (Å²) in [5, 5.41) is 13.2. The number of hydrogen-bond donors (Lipinski definition) is 2. The van der Waals surface area contributed by atoms with E-state index in [1.807, 2.05) is 0 Å². The Balaban J connectivity index is 1.54. The van der Waals surface area contributed by atoms with Crippen LogP contribution < -0.4 is 10.2 Å². The molecule has 148 valence electrons. The number of ether oxygens (including phenoxy) is 1. The molecule has 0 unspecified atom stereocenters. The molecule has 1 spiro atoms. The highest BCUT2D eigenvalue weighted by atomic mass is 19.1. The van der Waals surface area contributed by atoms with Crippen molar-refractivity contribution >= 4 is 11.7 Å². The molecule has 6 nitrogen and oxygen atoms in total. The first-order valence-electron chi connectivity index (χ1n) is 9.75. The number of nitrogens with zero attached hydrogens (tertiary/aromatic N) is 2. The van der Waals surface area contributed by atoms with Gasteiger partial charge in [0.25, 0.3) is 0 Å². The Hall–Kier alpha value is -1.70. The maximum Gasteiger partial charge on any atom is 0.339 e. The van der Waals surface area contributed by atoms with Crippen molar-refractivity contribution < 1.29 is 19.0 Å². The van der Waals surface area contributed by atoms with Crippen LogP contribution in [0.1, 0.15) is 42.6 Å². The number of esters is 1. The Morgan fingerprint density at radius 2 is 1.89 bits per heavy atom. The lowest BCUT2D eigenvalue weighted by Crippen LogP contribution is -2.50. The molecule has 0 atom stereocenters. The number of anilines is 1. The minimum atomic E-state index is -0.800. The molecule has 2 fully saturated rings. The molecule has 4 rings (SSSR count). The third-order valence-corrected chi connectivity index (χ3v) is 5.80. The van der Waals surface area contributed by atoms with Crippen molar-refractivity contribution in [1.29, 1.82) is 0 Å². The van der Waals surface area contributed by atoms with E-state index in [-0.39, 0.29) is 5.82 Å². The molecular weight excluding hydrogens is 349 g/mol. The lowest BCUT2D eigenvalue weighted by molar-refractivity contribution is -0.0255. The quantitative estimate of drug-likeness (QED) is 0.778. The number of halogens is 1. The first kappa shape index (κ1) is 18.7. The summed E-state index contributed by atoms with van der Waals surface area (Å²) >= 11 is 0. The van der Waals surface area contributed by atoms with Gasteiger partial charge in [-0.05, 0) is 39.1 Å². The normalized spacial score (nSPS) is 22.8. The van der Waals surface area contributed by atoms with E-state index in [1.165, 1.54) is 0 Å². The van der Waals surface area contributed by atoms with Crippen LogP contribution in [0.4, 0.5) is 10.1 Å². The monoisotopic (exact) mass is 377 g/mol. The zero-order valence-corrected chi connectivity index (χ0v) is 16.1. The van der Waals surface area contributed by atoms with Crippen LogP contribution in [-0.4, -0.2) is 67.4 Å². The van der Waals surface area contributed by atoms with Crippen molar-refractivity contribution in [3.05, 3.63) is 29.1 Å². The molecule has 0 radical (unpaired) electrons. The SMILES string of the molecule is CC(C)(O)CN1CCN(c2cc(F)c3c(c2)C(=O)OC32CCNCC2)CC1. The third-order valence-electron chi connectivity index (χ3n) is 5.80. The molecule has 0 saturated carbocycles. The molecule has 2 saturated heterocycles. The van der Waals surface area contributed by atoms with Gasteiger partial charge in [-0.3, -0.25) is 4.90 Å². The lowest BCUT2D eigenvalue weighted by atomic mass is 9.84. The fourth-order valence-electron chi connectivity index (χ4n) is 4.58. The molecule has 27 heavy (non-hydrogen) atoms. The molecule has 3 aliphatic rings. The number of piperidine rings is 1. The Labute approximate surface area is 159 Å². The maximum absolute atomic E-state index is 15.1. The molecule has 7 heteroatoms. The van der Waals surface area contributed by atoms with Crippen LogP contribution >= 0.6 is 0 Å². The maximum atomic E-state index is 15.1. The van der Waals surface area contributed by atoms with Crippen molar-refractivity contribution in [2.45, 2.75) is 37.9 Å². The number of piperazine rings is 1. The predicted molar refractivity (Wildman–Crippen MR) is 101 cm³/mol. The minimum Gasteiger partial charge on any atom is -0.450 e. The Bertz CT molecular complexity index is 733. The summed E-state index contributed by atoms with van der Waals surface area (Å²) in [7, 11) is 0. The second kappa shape index (κ2) is 6.72. The van der Waals surface area contributed by atoms with Crippen LogP contribution in [0.25, 0.3) is 0 Å². The molecule has 3 aliphatic heterocycles. The van der Waals surface area contributed by atoms with Crippen molar-refractivity contribution in [3.63, 3.8) is 0 Å². The van der Waals surface area contributed by atoms with Crippen LogP contribution in [0.3, 0.4) is 0 Å². The predicted octanol–water partition coefficient (Wildman–Crippen LogP) is 1.47. The standard InChI is InChI=1S/C20H28FN3O3/c1-19(2,26)13-23-7-9-24(10-8-23)14-11-15-17(16(21)12-14)20(27-18(15)25)3-5-22-6-4-20/h11-12,22,26H,3-10,13H2,1-2H3. The topological polar surface area (TPSA) is 65.0 Å². The lowest BCUT2D eigenvalue weighted by Gasteiger charge is -2.38. The molecule has 0 bridgehead atoms. The van der Waals surface area contributed by atoms with Gasteiger partial charge in [0.1, 0.15) is 11.4 Å². The van der Waals surface area contributed by atoms with Gasteiger partial charge >= 0.3 is 5.97 Å². The van der Waals surface area contributed by atoms with Crippen molar-refractivity contribution in [1.82, 2.24) is 10.2 Å².